The summed E-state index contributed by atoms with van der Waals surface area (Å²) in [6, 6.07) is 9.61. The van der Waals surface area contributed by atoms with Crippen LogP contribution in [-0.2, 0) is 18.4 Å². The highest BCUT2D eigenvalue weighted by molar-refractivity contribution is 5.96. The zero-order chi connectivity index (χ0) is 17.8. The Morgan fingerprint density at radius 2 is 2.00 bits per heavy atom. The predicted molar refractivity (Wildman–Crippen MR) is 96.1 cm³/mol. The molecule has 1 saturated carbocycles. The number of aromatic nitrogens is 2. The summed E-state index contributed by atoms with van der Waals surface area (Å²) >= 11 is 0. The molecular weight excluding hydrogens is 316 g/mol. The normalized spacial score (nSPS) is 14.5. The van der Waals surface area contributed by atoms with Crippen LogP contribution < -0.4 is 10.6 Å². The lowest BCUT2D eigenvalue weighted by molar-refractivity contribution is -0.119. The number of anilines is 1. The molecule has 2 N–H and O–H groups in total. The molecule has 6 heteroatoms. The highest BCUT2D eigenvalue weighted by Gasteiger charge is 2.24. The van der Waals surface area contributed by atoms with Gasteiger partial charge in [0.25, 0.3) is 5.91 Å². The molecule has 1 aromatic carbocycles. The van der Waals surface area contributed by atoms with Crippen LogP contribution in [0.3, 0.4) is 0 Å². The Kier molecular flexibility index (Phi) is 5.16. The quantitative estimate of drug-likeness (QED) is 0.879. The molecule has 1 aromatic heterocycles. The van der Waals surface area contributed by atoms with E-state index in [9.17, 15) is 9.59 Å². The summed E-state index contributed by atoms with van der Waals surface area (Å²) < 4.78 is 1.54. The molecular formula is C19H24N4O2. The molecule has 0 saturated heterocycles. The lowest BCUT2D eigenvalue weighted by atomic mass is 10.1. The second kappa shape index (κ2) is 7.51. The van der Waals surface area contributed by atoms with Crippen molar-refractivity contribution in [2.75, 3.05) is 5.32 Å². The SMILES string of the molecule is Cc1cccc(CNC(=O)c2cc(NC(=O)C3CCCC3)n(C)n2)c1. The second-order valence-electron chi connectivity index (χ2n) is 6.68. The van der Waals surface area contributed by atoms with Gasteiger partial charge in [-0.1, -0.05) is 42.7 Å². The highest BCUT2D eigenvalue weighted by Crippen LogP contribution is 2.26. The summed E-state index contributed by atoms with van der Waals surface area (Å²) in [5.41, 5.74) is 2.50. The van der Waals surface area contributed by atoms with Crippen LogP contribution in [0.5, 0.6) is 0 Å². The van der Waals surface area contributed by atoms with Gasteiger partial charge in [0, 0.05) is 25.6 Å². The number of nitrogens with one attached hydrogen (secondary N) is 2. The third-order valence-corrected chi connectivity index (χ3v) is 4.63. The van der Waals surface area contributed by atoms with Gasteiger partial charge in [-0.15, -0.1) is 0 Å². The first-order valence-electron chi connectivity index (χ1n) is 8.71. The van der Waals surface area contributed by atoms with Crippen molar-refractivity contribution in [2.45, 2.75) is 39.2 Å². The van der Waals surface area contributed by atoms with Crippen molar-refractivity contribution < 1.29 is 9.59 Å². The molecule has 0 atom stereocenters. The van der Waals surface area contributed by atoms with Crippen LogP contribution in [0.4, 0.5) is 5.82 Å². The van der Waals surface area contributed by atoms with Gasteiger partial charge in [0.15, 0.2) is 5.69 Å². The summed E-state index contributed by atoms with van der Waals surface area (Å²) in [6.07, 6.45) is 4.09. The van der Waals surface area contributed by atoms with E-state index in [0.29, 0.717) is 18.1 Å². The number of rotatable bonds is 5. The van der Waals surface area contributed by atoms with Crippen molar-refractivity contribution in [3.05, 3.63) is 47.2 Å². The van der Waals surface area contributed by atoms with Gasteiger partial charge in [0.1, 0.15) is 5.82 Å². The molecule has 25 heavy (non-hydrogen) atoms. The van der Waals surface area contributed by atoms with Crippen LogP contribution in [0.1, 0.15) is 47.3 Å². The number of amides is 2. The van der Waals surface area contributed by atoms with Gasteiger partial charge in [-0.3, -0.25) is 14.3 Å². The highest BCUT2D eigenvalue weighted by atomic mass is 16.2. The Bertz CT molecular complexity index is 775. The van der Waals surface area contributed by atoms with Crippen LogP contribution in [0, 0.1) is 12.8 Å². The predicted octanol–water partition coefficient (Wildman–Crippen LogP) is 2.79. The molecule has 2 amide bonds. The molecule has 3 rings (SSSR count). The molecule has 0 bridgehead atoms. The van der Waals surface area contributed by atoms with E-state index >= 15 is 0 Å². The van der Waals surface area contributed by atoms with E-state index in [-0.39, 0.29) is 17.7 Å². The fourth-order valence-corrected chi connectivity index (χ4v) is 3.21. The number of aryl methyl sites for hydroxylation is 2. The van der Waals surface area contributed by atoms with Crippen molar-refractivity contribution in [1.82, 2.24) is 15.1 Å². The monoisotopic (exact) mass is 340 g/mol. The van der Waals surface area contributed by atoms with Gasteiger partial charge < -0.3 is 10.6 Å². The molecule has 1 heterocycles. The topological polar surface area (TPSA) is 76.0 Å². The molecule has 0 spiro atoms. The fraction of sp³-hybridized carbons (Fsp3) is 0.421. The summed E-state index contributed by atoms with van der Waals surface area (Å²) in [4.78, 5) is 24.5. The first-order valence-corrected chi connectivity index (χ1v) is 8.71. The van der Waals surface area contributed by atoms with E-state index in [1.165, 1.54) is 4.68 Å². The van der Waals surface area contributed by atoms with Gasteiger partial charge >= 0.3 is 0 Å². The molecule has 1 fully saturated rings. The van der Waals surface area contributed by atoms with Crippen molar-refractivity contribution >= 4 is 17.6 Å². The van der Waals surface area contributed by atoms with Gasteiger partial charge in [-0.2, -0.15) is 5.10 Å². The summed E-state index contributed by atoms with van der Waals surface area (Å²) in [7, 11) is 1.72. The molecule has 2 aromatic rings. The number of carbonyl (C=O) groups excluding carboxylic acids is 2. The maximum atomic E-state index is 12.3. The number of hydrogen-bond donors (Lipinski definition) is 2. The smallest absolute Gasteiger partial charge is 0.272 e. The van der Waals surface area contributed by atoms with Crippen molar-refractivity contribution in [3.63, 3.8) is 0 Å². The number of nitrogens with zero attached hydrogens (tertiary/aromatic N) is 2. The minimum atomic E-state index is -0.251. The van der Waals surface area contributed by atoms with E-state index in [1.807, 2.05) is 31.2 Å². The number of hydrogen-bond acceptors (Lipinski definition) is 3. The van der Waals surface area contributed by atoms with Crippen LogP contribution in [0.2, 0.25) is 0 Å². The van der Waals surface area contributed by atoms with Crippen LogP contribution in [0.15, 0.2) is 30.3 Å². The van der Waals surface area contributed by atoms with Crippen LogP contribution >= 0.6 is 0 Å². The Morgan fingerprint density at radius 3 is 2.72 bits per heavy atom. The number of benzene rings is 1. The molecule has 1 aliphatic rings. The maximum Gasteiger partial charge on any atom is 0.272 e. The fourth-order valence-electron chi connectivity index (χ4n) is 3.21. The van der Waals surface area contributed by atoms with Crippen LogP contribution in [-0.4, -0.2) is 21.6 Å². The van der Waals surface area contributed by atoms with Crippen LogP contribution in [0.25, 0.3) is 0 Å². The van der Waals surface area contributed by atoms with Gasteiger partial charge in [0.2, 0.25) is 5.91 Å². The van der Waals surface area contributed by atoms with E-state index in [0.717, 1.165) is 36.8 Å². The molecule has 0 aliphatic heterocycles. The van der Waals surface area contributed by atoms with Crippen molar-refractivity contribution in [3.8, 4) is 0 Å². The summed E-state index contributed by atoms with van der Waals surface area (Å²) in [5.74, 6) is 0.400. The summed E-state index contributed by atoms with van der Waals surface area (Å²) in [5, 5.41) is 9.96. The molecule has 1 aliphatic carbocycles. The van der Waals surface area contributed by atoms with Gasteiger partial charge in [-0.25, -0.2) is 0 Å². The zero-order valence-corrected chi connectivity index (χ0v) is 14.7. The van der Waals surface area contributed by atoms with E-state index in [1.54, 1.807) is 13.1 Å². The molecule has 132 valence electrons. The van der Waals surface area contributed by atoms with E-state index < -0.39 is 0 Å². The van der Waals surface area contributed by atoms with Crippen molar-refractivity contribution in [1.29, 1.82) is 0 Å². The standard InChI is InChI=1S/C19H24N4O2/c1-13-6-5-7-14(10-13)12-20-19(25)16-11-17(23(2)22-16)21-18(24)15-8-3-4-9-15/h5-7,10-11,15H,3-4,8-9,12H2,1-2H3,(H,20,25)(H,21,24). The maximum absolute atomic E-state index is 12.3. The summed E-state index contributed by atoms with van der Waals surface area (Å²) in [6.45, 7) is 2.46. The molecule has 0 unspecified atom stereocenters. The minimum Gasteiger partial charge on any atom is -0.347 e. The minimum absolute atomic E-state index is 0.0206. The average molecular weight is 340 g/mol. The average Bonchev–Trinajstić information content (AvgIpc) is 3.23. The third-order valence-electron chi connectivity index (χ3n) is 4.63. The Hall–Kier alpha value is -2.63. The Morgan fingerprint density at radius 1 is 1.24 bits per heavy atom. The second-order valence-corrected chi connectivity index (χ2v) is 6.68. The van der Waals surface area contributed by atoms with E-state index in [2.05, 4.69) is 15.7 Å². The largest absolute Gasteiger partial charge is 0.347 e. The van der Waals surface area contributed by atoms with E-state index in [4.69, 9.17) is 0 Å². The third kappa shape index (κ3) is 4.26. The lowest BCUT2D eigenvalue weighted by Gasteiger charge is -2.09. The zero-order valence-electron chi connectivity index (χ0n) is 14.7. The molecule has 6 nitrogen and oxygen atoms in total. The van der Waals surface area contributed by atoms with Crippen molar-refractivity contribution in [2.24, 2.45) is 13.0 Å². The number of carbonyl (C=O) groups is 2. The van der Waals surface area contributed by atoms with Gasteiger partial charge in [-0.05, 0) is 25.3 Å². The first-order chi connectivity index (χ1) is 12.0. The Balaban J connectivity index is 1.60. The van der Waals surface area contributed by atoms with Gasteiger partial charge in [0.05, 0.1) is 0 Å². The molecule has 0 radical (unpaired) electrons. The Labute approximate surface area is 147 Å². The first kappa shape index (κ1) is 17.2. The lowest BCUT2D eigenvalue weighted by Crippen LogP contribution is -2.23.